The molecule has 1 aliphatic heterocycles. The zero-order valence-electron chi connectivity index (χ0n) is 11.7. The number of amides is 2. The van der Waals surface area contributed by atoms with Gasteiger partial charge < -0.3 is 5.11 Å². The molecule has 5 nitrogen and oxygen atoms in total. The molecule has 0 bridgehead atoms. The number of carbonyl (C=O) groups excluding carboxylic acids is 2. The van der Waals surface area contributed by atoms with Gasteiger partial charge in [-0.15, -0.1) is 0 Å². The van der Waals surface area contributed by atoms with Crippen LogP contribution in [0.5, 0.6) is 0 Å². The van der Waals surface area contributed by atoms with Crippen molar-refractivity contribution in [1.29, 1.82) is 0 Å². The van der Waals surface area contributed by atoms with Crippen molar-refractivity contribution in [3.8, 4) is 0 Å². The van der Waals surface area contributed by atoms with E-state index in [1.807, 2.05) is 0 Å². The summed E-state index contributed by atoms with van der Waals surface area (Å²) in [6.45, 7) is 0. The Bertz CT molecular complexity index is 460. The Hall–Kier alpha value is -1.39. The van der Waals surface area contributed by atoms with E-state index in [4.69, 9.17) is 5.11 Å². The molecule has 0 aromatic rings. The molecule has 2 saturated carbocycles. The number of carbonyl (C=O) groups is 3. The molecule has 0 radical (unpaired) electrons. The molecule has 0 atom stereocenters. The Morgan fingerprint density at radius 1 is 1.05 bits per heavy atom. The van der Waals surface area contributed by atoms with Gasteiger partial charge in [-0.25, -0.2) is 0 Å². The van der Waals surface area contributed by atoms with Gasteiger partial charge in [-0.05, 0) is 32.1 Å². The summed E-state index contributed by atoms with van der Waals surface area (Å²) in [5.74, 6) is -1.14. The van der Waals surface area contributed by atoms with Crippen LogP contribution in [-0.2, 0) is 14.4 Å². The number of rotatable bonds is 3. The summed E-state index contributed by atoms with van der Waals surface area (Å²) in [7, 11) is 0. The highest BCUT2D eigenvalue weighted by atomic mass is 16.4. The number of carboxylic acids is 1. The topological polar surface area (TPSA) is 74.7 Å². The van der Waals surface area contributed by atoms with Crippen LogP contribution in [0.2, 0.25) is 0 Å². The van der Waals surface area contributed by atoms with Crippen molar-refractivity contribution < 1.29 is 19.5 Å². The van der Waals surface area contributed by atoms with Crippen molar-refractivity contribution in [2.24, 2.45) is 5.41 Å². The van der Waals surface area contributed by atoms with Crippen LogP contribution < -0.4 is 0 Å². The van der Waals surface area contributed by atoms with Gasteiger partial charge in [0.05, 0.1) is 17.4 Å². The van der Waals surface area contributed by atoms with E-state index in [1.165, 1.54) is 4.90 Å². The summed E-state index contributed by atoms with van der Waals surface area (Å²) >= 11 is 0. The molecule has 2 amide bonds. The average molecular weight is 279 g/mol. The number of aliphatic carboxylic acids is 1. The van der Waals surface area contributed by atoms with Crippen LogP contribution in [-0.4, -0.2) is 33.3 Å². The van der Waals surface area contributed by atoms with Crippen LogP contribution in [0.1, 0.15) is 64.2 Å². The fraction of sp³-hybridized carbons (Fsp3) is 0.800. The SMILES string of the molecule is O=C(O)CC1(N2C(=O)CC3(CCCCC3)C2=O)CCC1. The first-order valence-electron chi connectivity index (χ1n) is 7.59. The smallest absolute Gasteiger partial charge is 0.305 e. The summed E-state index contributed by atoms with van der Waals surface area (Å²) in [5, 5.41) is 9.10. The van der Waals surface area contributed by atoms with Crippen molar-refractivity contribution in [3.63, 3.8) is 0 Å². The maximum atomic E-state index is 12.8. The summed E-state index contributed by atoms with van der Waals surface area (Å²) in [6, 6.07) is 0. The molecular weight excluding hydrogens is 258 g/mol. The van der Waals surface area contributed by atoms with Crippen molar-refractivity contribution in [1.82, 2.24) is 4.90 Å². The van der Waals surface area contributed by atoms with Gasteiger partial charge in [0.2, 0.25) is 11.8 Å². The third kappa shape index (κ3) is 1.86. The number of imide groups is 1. The highest BCUT2D eigenvalue weighted by Gasteiger charge is 2.59. The van der Waals surface area contributed by atoms with E-state index in [9.17, 15) is 14.4 Å². The third-order valence-corrected chi connectivity index (χ3v) is 5.45. The molecule has 3 rings (SSSR count). The lowest BCUT2D eigenvalue weighted by Crippen LogP contribution is -2.58. The molecule has 0 aromatic carbocycles. The Kier molecular flexibility index (Phi) is 3.10. The van der Waals surface area contributed by atoms with Crippen LogP contribution in [0.15, 0.2) is 0 Å². The molecular formula is C15H21NO4. The number of hydrogen-bond acceptors (Lipinski definition) is 3. The lowest BCUT2D eigenvalue weighted by atomic mass is 9.71. The van der Waals surface area contributed by atoms with Crippen molar-refractivity contribution >= 4 is 17.8 Å². The van der Waals surface area contributed by atoms with Gasteiger partial charge in [0.25, 0.3) is 0 Å². The molecule has 1 heterocycles. The van der Waals surface area contributed by atoms with Gasteiger partial charge in [-0.3, -0.25) is 19.3 Å². The highest BCUT2D eigenvalue weighted by Crippen LogP contribution is 2.51. The molecule has 1 N–H and O–H groups in total. The second-order valence-corrected chi connectivity index (χ2v) is 6.70. The zero-order chi connectivity index (χ0) is 14.4. The fourth-order valence-electron chi connectivity index (χ4n) is 4.24. The lowest BCUT2D eigenvalue weighted by molar-refractivity contribution is -0.157. The average Bonchev–Trinajstić information content (AvgIpc) is 2.58. The van der Waals surface area contributed by atoms with E-state index in [0.717, 1.165) is 38.5 Å². The Morgan fingerprint density at radius 3 is 2.20 bits per heavy atom. The van der Waals surface area contributed by atoms with Gasteiger partial charge in [0.1, 0.15) is 0 Å². The van der Waals surface area contributed by atoms with Gasteiger partial charge in [0, 0.05) is 6.42 Å². The first kappa shape index (κ1) is 13.6. The van der Waals surface area contributed by atoms with Crippen LogP contribution >= 0.6 is 0 Å². The maximum Gasteiger partial charge on any atom is 0.305 e. The first-order valence-corrected chi connectivity index (χ1v) is 7.59. The standard InChI is InChI=1S/C15H21NO4/c17-11-9-14(5-2-1-3-6-14)13(20)16(11)15(7-4-8-15)10-12(18)19/h1-10H2,(H,18,19). The third-order valence-electron chi connectivity index (χ3n) is 5.45. The molecule has 2 aliphatic carbocycles. The van der Waals surface area contributed by atoms with E-state index < -0.39 is 16.9 Å². The second kappa shape index (κ2) is 4.57. The normalized spacial score (nSPS) is 27.7. The van der Waals surface area contributed by atoms with Crippen molar-refractivity contribution in [2.75, 3.05) is 0 Å². The molecule has 110 valence electrons. The number of hydrogen-bond donors (Lipinski definition) is 1. The number of carboxylic acid groups (broad SMARTS) is 1. The van der Waals surface area contributed by atoms with E-state index in [0.29, 0.717) is 19.3 Å². The van der Waals surface area contributed by atoms with Gasteiger partial charge >= 0.3 is 5.97 Å². The molecule has 20 heavy (non-hydrogen) atoms. The van der Waals surface area contributed by atoms with E-state index in [1.54, 1.807) is 0 Å². The predicted octanol–water partition coefficient (Wildman–Crippen LogP) is 2.09. The second-order valence-electron chi connectivity index (χ2n) is 6.70. The maximum absolute atomic E-state index is 12.8. The minimum atomic E-state index is -0.921. The van der Waals surface area contributed by atoms with Gasteiger partial charge in [-0.1, -0.05) is 19.3 Å². The van der Waals surface area contributed by atoms with Crippen molar-refractivity contribution in [3.05, 3.63) is 0 Å². The predicted molar refractivity (Wildman–Crippen MR) is 70.8 cm³/mol. The minimum absolute atomic E-state index is 0.0804. The fourth-order valence-corrected chi connectivity index (χ4v) is 4.24. The van der Waals surface area contributed by atoms with Crippen LogP contribution in [0.3, 0.4) is 0 Å². The molecule has 0 aromatic heterocycles. The van der Waals surface area contributed by atoms with Gasteiger partial charge in [-0.2, -0.15) is 0 Å². The summed E-state index contributed by atoms with van der Waals surface area (Å²) in [6.07, 6.45) is 7.10. The first-order chi connectivity index (χ1) is 9.49. The number of nitrogens with zero attached hydrogens (tertiary/aromatic N) is 1. The van der Waals surface area contributed by atoms with E-state index >= 15 is 0 Å². The Balaban J connectivity index is 1.88. The molecule has 0 unspecified atom stereocenters. The summed E-state index contributed by atoms with van der Waals surface area (Å²) in [5.41, 5.74) is -1.22. The summed E-state index contributed by atoms with van der Waals surface area (Å²) in [4.78, 5) is 37.7. The summed E-state index contributed by atoms with van der Waals surface area (Å²) < 4.78 is 0. The molecule has 1 spiro atoms. The van der Waals surface area contributed by atoms with E-state index in [2.05, 4.69) is 0 Å². The van der Waals surface area contributed by atoms with Crippen molar-refractivity contribution in [2.45, 2.75) is 69.7 Å². The quantitative estimate of drug-likeness (QED) is 0.803. The minimum Gasteiger partial charge on any atom is -0.481 e. The van der Waals surface area contributed by atoms with Crippen LogP contribution in [0.25, 0.3) is 0 Å². The number of likely N-dealkylation sites (tertiary alicyclic amines) is 1. The van der Waals surface area contributed by atoms with Gasteiger partial charge in [0.15, 0.2) is 0 Å². The zero-order valence-corrected chi connectivity index (χ0v) is 11.7. The van der Waals surface area contributed by atoms with Crippen LogP contribution in [0, 0.1) is 5.41 Å². The molecule has 3 aliphatic rings. The molecule has 1 saturated heterocycles. The Morgan fingerprint density at radius 2 is 1.70 bits per heavy atom. The van der Waals surface area contributed by atoms with Crippen LogP contribution in [0.4, 0.5) is 0 Å². The monoisotopic (exact) mass is 279 g/mol. The van der Waals surface area contributed by atoms with E-state index in [-0.39, 0.29) is 18.2 Å². The molecule has 3 fully saturated rings. The molecule has 5 heteroatoms. The lowest BCUT2D eigenvalue weighted by Gasteiger charge is -2.47. The highest BCUT2D eigenvalue weighted by molar-refractivity contribution is 6.07. The Labute approximate surface area is 118 Å². The largest absolute Gasteiger partial charge is 0.481 e.